The van der Waals surface area contributed by atoms with Crippen LogP contribution in [-0.2, 0) is 6.54 Å². The van der Waals surface area contributed by atoms with Crippen molar-refractivity contribution < 1.29 is 0 Å². The Morgan fingerprint density at radius 2 is 1.60 bits per heavy atom. The zero-order valence-corrected chi connectivity index (χ0v) is 12.3. The first-order valence-corrected chi connectivity index (χ1v) is 7.57. The quantitative estimate of drug-likeness (QED) is 0.680. The second-order valence-corrected chi connectivity index (χ2v) is 6.02. The Hall–Kier alpha value is -2.06. The molecule has 2 aromatic carbocycles. The zero-order chi connectivity index (χ0) is 13.8. The standard InChI is InChI=1S/C18H17NS/c1-14-7-9-16(10-8-14)19-13-17-11-12-18(20-17)15-5-3-2-4-6-15/h2-12,19H,13H2,1H3. The van der Waals surface area contributed by atoms with Crippen molar-refractivity contribution in [2.45, 2.75) is 13.5 Å². The van der Waals surface area contributed by atoms with Gasteiger partial charge in [-0.3, -0.25) is 0 Å². The number of hydrogen-bond donors (Lipinski definition) is 1. The van der Waals surface area contributed by atoms with Gasteiger partial charge in [-0.15, -0.1) is 11.3 Å². The molecule has 0 spiro atoms. The van der Waals surface area contributed by atoms with Crippen LogP contribution in [0.5, 0.6) is 0 Å². The highest BCUT2D eigenvalue weighted by Crippen LogP contribution is 2.28. The molecule has 1 nitrogen and oxygen atoms in total. The molecule has 3 rings (SSSR count). The molecule has 1 heterocycles. The molecule has 0 bridgehead atoms. The maximum atomic E-state index is 3.46. The normalized spacial score (nSPS) is 10.4. The number of hydrogen-bond acceptors (Lipinski definition) is 2. The van der Waals surface area contributed by atoms with Gasteiger partial charge in [0.05, 0.1) is 0 Å². The van der Waals surface area contributed by atoms with Crippen molar-refractivity contribution >= 4 is 17.0 Å². The lowest BCUT2D eigenvalue weighted by Gasteiger charge is -2.04. The summed E-state index contributed by atoms with van der Waals surface area (Å²) in [6.07, 6.45) is 0. The van der Waals surface area contributed by atoms with Gasteiger partial charge in [-0.2, -0.15) is 0 Å². The van der Waals surface area contributed by atoms with E-state index in [1.54, 1.807) is 0 Å². The number of rotatable bonds is 4. The molecule has 20 heavy (non-hydrogen) atoms. The summed E-state index contributed by atoms with van der Waals surface area (Å²) in [4.78, 5) is 2.68. The monoisotopic (exact) mass is 279 g/mol. The van der Waals surface area contributed by atoms with Crippen LogP contribution in [0.4, 0.5) is 5.69 Å². The first-order valence-electron chi connectivity index (χ1n) is 6.76. The SMILES string of the molecule is Cc1ccc(NCc2ccc(-c3ccccc3)s2)cc1. The van der Waals surface area contributed by atoms with Gasteiger partial charge in [0.2, 0.25) is 0 Å². The molecule has 3 aromatic rings. The van der Waals surface area contributed by atoms with Gasteiger partial charge in [0.25, 0.3) is 0 Å². The maximum Gasteiger partial charge on any atom is 0.0494 e. The first kappa shape index (κ1) is 12.9. The van der Waals surface area contributed by atoms with Gasteiger partial charge in [0.1, 0.15) is 0 Å². The van der Waals surface area contributed by atoms with Crippen LogP contribution in [0.25, 0.3) is 10.4 Å². The minimum Gasteiger partial charge on any atom is -0.380 e. The van der Waals surface area contributed by atoms with Gasteiger partial charge in [-0.25, -0.2) is 0 Å². The second kappa shape index (κ2) is 5.93. The average molecular weight is 279 g/mol. The molecule has 0 radical (unpaired) electrons. The van der Waals surface area contributed by atoms with Crippen molar-refractivity contribution in [3.63, 3.8) is 0 Å². The molecule has 0 aliphatic rings. The van der Waals surface area contributed by atoms with Crippen LogP contribution >= 0.6 is 11.3 Å². The summed E-state index contributed by atoms with van der Waals surface area (Å²) in [5.74, 6) is 0. The summed E-state index contributed by atoms with van der Waals surface area (Å²) < 4.78 is 0. The van der Waals surface area contributed by atoms with Gasteiger partial charge >= 0.3 is 0 Å². The topological polar surface area (TPSA) is 12.0 Å². The Bertz CT molecular complexity index is 668. The predicted molar refractivity (Wildman–Crippen MR) is 88.3 cm³/mol. The zero-order valence-electron chi connectivity index (χ0n) is 11.5. The van der Waals surface area contributed by atoms with E-state index in [-0.39, 0.29) is 0 Å². The minimum absolute atomic E-state index is 0.876. The molecule has 100 valence electrons. The van der Waals surface area contributed by atoms with E-state index >= 15 is 0 Å². The molecule has 1 aromatic heterocycles. The van der Waals surface area contributed by atoms with Crippen LogP contribution < -0.4 is 5.32 Å². The van der Waals surface area contributed by atoms with E-state index < -0.39 is 0 Å². The van der Waals surface area contributed by atoms with E-state index in [1.165, 1.54) is 26.6 Å². The number of thiophene rings is 1. The van der Waals surface area contributed by atoms with Gasteiger partial charge in [-0.1, -0.05) is 48.0 Å². The molecular weight excluding hydrogens is 262 g/mol. The van der Waals surface area contributed by atoms with E-state index in [1.807, 2.05) is 11.3 Å². The van der Waals surface area contributed by atoms with Crippen molar-refractivity contribution in [1.29, 1.82) is 0 Å². The van der Waals surface area contributed by atoms with E-state index in [0.29, 0.717) is 0 Å². The van der Waals surface area contributed by atoms with Crippen molar-refractivity contribution in [2.24, 2.45) is 0 Å². The Kier molecular flexibility index (Phi) is 3.84. The van der Waals surface area contributed by atoms with Crippen LogP contribution in [-0.4, -0.2) is 0 Å². The third kappa shape index (κ3) is 3.09. The van der Waals surface area contributed by atoms with Crippen molar-refractivity contribution in [2.75, 3.05) is 5.32 Å². The third-order valence-corrected chi connectivity index (χ3v) is 4.37. The lowest BCUT2D eigenvalue weighted by atomic mass is 10.2. The van der Waals surface area contributed by atoms with E-state index in [9.17, 15) is 0 Å². The van der Waals surface area contributed by atoms with E-state index in [2.05, 4.69) is 79.0 Å². The molecule has 0 amide bonds. The molecule has 0 fully saturated rings. The summed E-state index contributed by atoms with van der Waals surface area (Å²) in [7, 11) is 0. The Balaban J connectivity index is 1.67. The van der Waals surface area contributed by atoms with E-state index in [4.69, 9.17) is 0 Å². The maximum absolute atomic E-state index is 3.46. The van der Waals surface area contributed by atoms with Gasteiger partial charge in [0, 0.05) is 22.0 Å². The van der Waals surface area contributed by atoms with Crippen LogP contribution in [0.3, 0.4) is 0 Å². The predicted octanol–water partition coefficient (Wildman–Crippen LogP) is 5.34. The fourth-order valence-corrected chi connectivity index (χ4v) is 3.04. The lowest BCUT2D eigenvalue weighted by molar-refractivity contribution is 1.19. The van der Waals surface area contributed by atoms with Gasteiger partial charge < -0.3 is 5.32 Å². The van der Waals surface area contributed by atoms with Crippen molar-refractivity contribution in [1.82, 2.24) is 0 Å². The molecule has 0 aliphatic carbocycles. The molecule has 0 saturated heterocycles. The Morgan fingerprint density at radius 3 is 2.35 bits per heavy atom. The van der Waals surface area contributed by atoms with Gasteiger partial charge in [-0.05, 0) is 36.8 Å². The number of nitrogens with one attached hydrogen (secondary N) is 1. The summed E-state index contributed by atoms with van der Waals surface area (Å²) in [5.41, 5.74) is 3.75. The molecule has 0 aliphatic heterocycles. The highest BCUT2D eigenvalue weighted by molar-refractivity contribution is 7.15. The highest BCUT2D eigenvalue weighted by Gasteiger charge is 2.02. The number of anilines is 1. The molecule has 0 atom stereocenters. The smallest absolute Gasteiger partial charge is 0.0494 e. The minimum atomic E-state index is 0.876. The lowest BCUT2D eigenvalue weighted by Crippen LogP contribution is -1.96. The Labute approximate surface area is 123 Å². The fourth-order valence-electron chi connectivity index (χ4n) is 2.09. The summed E-state index contributed by atoms with van der Waals surface area (Å²) >= 11 is 1.85. The van der Waals surface area contributed by atoms with Crippen LogP contribution in [0.1, 0.15) is 10.4 Å². The summed E-state index contributed by atoms with van der Waals surface area (Å²) in [6, 6.07) is 23.4. The molecular formula is C18H17NS. The molecule has 2 heteroatoms. The first-order chi connectivity index (χ1) is 9.81. The largest absolute Gasteiger partial charge is 0.380 e. The molecule has 0 unspecified atom stereocenters. The number of benzene rings is 2. The van der Waals surface area contributed by atoms with Crippen LogP contribution in [0.15, 0.2) is 66.7 Å². The third-order valence-electron chi connectivity index (χ3n) is 3.24. The van der Waals surface area contributed by atoms with E-state index in [0.717, 1.165) is 6.54 Å². The Morgan fingerprint density at radius 1 is 0.850 bits per heavy atom. The second-order valence-electron chi connectivity index (χ2n) is 4.85. The highest BCUT2D eigenvalue weighted by atomic mass is 32.1. The number of aryl methyl sites for hydroxylation is 1. The summed E-state index contributed by atoms with van der Waals surface area (Å²) in [6.45, 7) is 2.98. The van der Waals surface area contributed by atoms with Crippen molar-refractivity contribution in [3.8, 4) is 10.4 Å². The molecule has 0 saturated carbocycles. The fraction of sp³-hybridized carbons (Fsp3) is 0.111. The van der Waals surface area contributed by atoms with Gasteiger partial charge in [0.15, 0.2) is 0 Å². The molecule has 1 N–H and O–H groups in total. The van der Waals surface area contributed by atoms with Crippen LogP contribution in [0, 0.1) is 6.92 Å². The van der Waals surface area contributed by atoms with Crippen molar-refractivity contribution in [3.05, 3.63) is 77.2 Å². The van der Waals surface area contributed by atoms with Crippen LogP contribution in [0.2, 0.25) is 0 Å². The summed E-state index contributed by atoms with van der Waals surface area (Å²) in [5, 5.41) is 3.46. The average Bonchev–Trinajstić information content (AvgIpc) is 2.97.